The fraction of sp³-hybridized carbons (Fsp3) is 0.267. The Kier molecular flexibility index (Phi) is 4.39. The van der Waals surface area contributed by atoms with Gasteiger partial charge < -0.3 is 5.11 Å². The van der Waals surface area contributed by atoms with Crippen LogP contribution in [-0.2, 0) is 0 Å². The van der Waals surface area contributed by atoms with E-state index in [-0.39, 0.29) is 5.92 Å². The first kappa shape index (κ1) is 13.1. The molecule has 2 aromatic rings. The van der Waals surface area contributed by atoms with Gasteiger partial charge in [-0.15, -0.1) is 11.8 Å². The van der Waals surface area contributed by atoms with Crippen molar-refractivity contribution in [1.29, 1.82) is 0 Å². The molecule has 0 aliphatic rings. The van der Waals surface area contributed by atoms with Crippen LogP contribution in [0.4, 0.5) is 0 Å². The lowest BCUT2D eigenvalue weighted by atomic mass is 9.94. The van der Waals surface area contributed by atoms with Crippen LogP contribution in [0.3, 0.4) is 0 Å². The van der Waals surface area contributed by atoms with Crippen molar-refractivity contribution in [1.82, 2.24) is 4.98 Å². The Morgan fingerprint density at radius 3 is 2.50 bits per heavy atom. The number of nitrogens with zero attached hydrogens (tertiary/aromatic N) is 1. The highest BCUT2D eigenvalue weighted by Gasteiger charge is 2.21. The Hall–Kier alpha value is -1.32. The molecule has 1 aromatic carbocycles. The molecule has 2 rings (SSSR count). The number of pyridine rings is 1. The quantitative estimate of drug-likeness (QED) is 0.851. The van der Waals surface area contributed by atoms with Crippen molar-refractivity contribution in [2.24, 2.45) is 0 Å². The maximum Gasteiger partial charge on any atom is 0.0881 e. The van der Waals surface area contributed by atoms with Gasteiger partial charge in [-0.1, -0.05) is 31.2 Å². The molecule has 0 saturated heterocycles. The highest BCUT2D eigenvalue weighted by Crippen LogP contribution is 2.34. The summed E-state index contributed by atoms with van der Waals surface area (Å²) in [5, 5.41) is 10.5. The molecule has 0 saturated carbocycles. The van der Waals surface area contributed by atoms with Crippen LogP contribution in [0.1, 0.15) is 30.2 Å². The Bertz CT molecular complexity index is 501. The molecule has 94 valence electrons. The Morgan fingerprint density at radius 2 is 1.83 bits per heavy atom. The third kappa shape index (κ3) is 2.74. The normalized spacial score (nSPS) is 14.2. The van der Waals surface area contributed by atoms with Gasteiger partial charge in [0.15, 0.2) is 0 Å². The van der Waals surface area contributed by atoms with E-state index in [1.807, 2.05) is 55.6 Å². The second kappa shape index (κ2) is 6.03. The van der Waals surface area contributed by atoms with E-state index in [0.717, 1.165) is 16.2 Å². The fourth-order valence-electron chi connectivity index (χ4n) is 1.99. The summed E-state index contributed by atoms with van der Waals surface area (Å²) in [7, 11) is 0. The molecular formula is C15H17NOS. The molecule has 1 N–H and O–H groups in total. The van der Waals surface area contributed by atoms with Gasteiger partial charge in [0.1, 0.15) is 0 Å². The highest BCUT2D eigenvalue weighted by molar-refractivity contribution is 7.98. The predicted molar refractivity (Wildman–Crippen MR) is 75.8 cm³/mol. The number of thioether (sulfide) groups is 1. The summed E-state index contributed by atoms with van der Waals surface area (Å²) in [5.74, 6) is -0.0144. The minimum Gasteiger partial charge on any atom is -0.388 e. The van der Waals surface area contributed by atoms with Crippen molar-refractivity contribution in [2.45, 2.75) is 23.8 Å². The molecule has 0 bridgehead atoms. The second-order valence-corrected chi connectivity index (χ2v) is 5.08. The molecule has 0 aliphatic carbocycles. The number of rotatable bonds is 4. The molecule has 2 unspecified atom stereocenters. The summed E-state index contributed by atoms with van der Waals surface area (Å²) < 4.78 is 0. The van der Waals surface area contributed by atoms with E-state index in [1.54, 1.807) is 18.0 Å². The highest BCUT2D eigenvalue weighted by atomic mass is 32.2. The molecule has 2 atom stereocenters. The molecule has 0 fully saturated rings. The summed E-state index contributed by atoms with van der Waals surface area (Å²) in [6, 6.07) is 13.8. The molecule has 0 spiro atoms. The molecule has 3 heteroatoms. The molecule has 0 aliphatic heterocycles. The van der Waals surface area contributed by atoms with E-state index >= 15 is 0 Å². The second-order valence-electron chi connectivity index (χ2n) is 4.23. The van der Waals surface area contributed by atoms with Crippen molar-refractivity contribution < 1.29 is 5.11 Å². The summed E-state index contributed by atoms with van der Waals surface area (Å²) in [6.07, 6.45) is 3.26. The van der Waals surface area contributed by atoms with E-state index in [4.69, 9.17) is 0 Å². The van der Waals surface area contributed by atoms with E-state index in [9.17, 15) is 5.11 Å². The largest absolute Gasteiger partial charge is 0.388 e. The zero-order valence-electron chi connectivity index (χ0n) is 10.6. The first-order chi connectivity index (χ1) is 8.74. The van der Waals surface area contributed by atoms with Gasteiger partial charge in [-0.2, -0.15) is 0 Å². The van der Waals surface area contributed by atoms with Crippen LogP contribution in [0.15, 0.2) is 53.6 Å². The summed E-state index contributed by atoms with van der Waals surface area (Å²) in [4.78, 5) is 5.43. The Morgan fingerprint density at radius 1 is 1.11 bits per heavy atom. The van der Waals surface area contributed by atoms with Crippen molar-refractivity contribution in [2.75, 3.05) is 6.26 Å². The minimum absolute atomic E-state index is 0.0144. The van der Waals surface area contributed by atoms with Gasteiger partial charge in [0.2, 0.25) is 0 Å². The summed E-state index contributed by atoms with van der Waals surface area (Å²) in [5.41, 5.74) is 1.89. The van der Waals surface area contributed by atoms with Gasteiger partial charge in [0.05, 0.1) is 6.10 Å². The number of benzene rings is 1. The van der Waals surface area contributed by atoms with E-state index < -0.39 is 6.10 Å². The number of aliphatic hydroxyl groups is 1. The number of aromatic nitrogens is 1. The van der Waals surface area contributed by atoms with Crippen molar-refractivity contribution in [3.05, 3.63) is 59.9 Å². The van der Waals surface area contributed by atoms with Crippen molar-refractivity contribution in [3.63, 3.8) is 0 Å². The fourth-order valence-corrected chi connectivity index (χ4v) is 2.63. The minimum atomic E-state index is -0.524. The molecule has 2 nitrogen and oxygen atoms in total. The zero-order chi connectivity index (χ0) is 13.0. The van der Waals surface area contributed by atoms with Crippen LogP contribution >= 0.6 is 11.8 Å². The molecule has 0 radical (unpaired) electrons. The Balaban J connectivity index is 2.28. The van der Waals surface area contributed by atoms with Gasteiger partial charge in [0.25, 0.3) is 0 Å². The van der Waals surface area contributed by atoms with E-state index in [0.29, 0.717) is 0 Å². The third-order valence-corrected chi connectivity index (χ3v) is 3.90. The topological polar surface area (TPSA) is 33.1 Å². The van der Waals surface area contributed by atoms with Gasteiger partial charge >= 0.3 is 0 Å². The molecule has 1 aromatic heterocycles. The van der Waals surface area contributed by atoms with Crippen LogP contribution in [-0.4, -0.2) is 16.3 Å². The standard InChI is InChI=1S/C15H17NOS/c1-11(13-8-5-6-10-16-13)15(17)12-7-3-4-9-14(12)18-2/h3-11,15,17H,1-2H3. The van der Waals surface area contributed by atoms with Crippen molar-refractivity contribution in [3.8, 4) is 0 Å². The average molecular weight is 259 g/mol. The van der Waals surface area contributed by atoms with Crippen LogP contribution in [0, 0.1) is 0 Å². The van der Waals surface area contributed by atoms with Crippen LogP contribution in [0.25, 0.3) is 0 Å². The molecular weight excluding hydrogens is 242 g/mol. The smallest absolute Gasteiger partial charge is 0.0881 e. The maximum absolute atomic E-state index is 10.5. The lowest BCUT2D eigenvalue weighted by Crippen LogP contribution is -2.10. The number of aliphatic hydroxyl groups excluding tert-OH is 1. The zero-order valence-corrected chi connectivity index (χ0v) is 11.4. The molecule has 0 amide bonds. The van der Waals surface area contributed by atoms with E-state index in [2.05, 4.69) is 4.98 Å². The lowest BCUT2D eigenvalue weighted by Gasteiger charge is -2.20. The van der Waals surface area contributed by atoms with Gasteiger partial charge in [0, 0.05) is 22.7 Å². The lowest BCUT2D eigenvalue weighted by molar-refractivity contribution is 0.147. The van der Waals surface area contributed by atoms with Gasteiger partial charge in [-0.3, -0.25) is 4.98 Å². The third-order valence-electron chi connectivity index (χ3n) is 3.09. The maximum atomic E-state index is 10.5. The van der Waals surface area contributed by atoms with Crippen LogP contribution in [0.5, 0.6) is 0 Å². The molecule has 1 heterocycles. The van der Waals surface area contributed by atoms with Crippen LogP contribution < -0.4 is 0 Å². The average Bonchev–Trinajstić information content (AvgIpc) is 2.46. The first-order valence-electron chi connectivity index (χ1n) is 5.96. The predicted octanol–water partition coefficient (Wildman–Crippen LogP) is 3.64. The van der Waals surface area contributed by atoms with Gasteiger partial charge in [-0.05, 0) is 30.0 Å². The SMILES string of the molecule is CSc1ccccc1C(O)C(C)c1ccccn1. The number of hydrogen-bond acceptors (Lipinski definition) is 3. The Labute approximate surface area is 112 Å². The van der Waals surface area contributed by atoms with E-state index in [1.165, 1.54) is 0 Å². The summed E-state index contributed by atoms with van der Waals surface area (Å²) in [6.45, 7) is 2.00. The molecule has 18 heavy (non-hydrogen) atoms. The summed E-state index contributed by atoms with van der Waals surface area (Å²) >= 11 is 1.66. The van der Waals surface area contributed by atoms with Gasteiger partial charge in [-0.25, -0.2) is 0 Å². The first-order valence-corrected chi connectivity index (χ1v) is 7.18. The monoisotopic (exact) mass is 259 g/mol. The number of hydrogen-bond donors (Lipinski definition) is 1. The van der Waals surface area contributed by atoms with Crippen molar-refractivity contribution >= 4 is 11.8 Å². The van der Waals surface area contributed by atoms with Crippen LogP contribution in [0.2, 0.25) is 0 Å².